The lowest BCUT2D eigenvalue weighted by molar-refractivity contribution is -0.116. The van der Waals surface area contributed by atoms with Gasteiger partial charge >= 0.3 is 5.69 Å². The molecule has 136 valence electrons. The standard InChI is InChI=1S/C19H23N5O2/c1-19(2,3)24-17-13(10-20-24)12(9-16(25)21-17)11-6-7-14-15(8-11)23(5)18(26)22(14)4/h6-8,10,12H,9H2,1-5H3,(H,21,25)/t12-/m0/s1. The van der Waals surface area contributed by atoms with Crippen LogP contribution in [-0.2, 0) is 24.4 Å². The van der Waals surface area contributed by atoms with Crippen molar-refractivity contribution >= 4 is 22.8 Å². The predicted octanol–water partition coefficient (Wildman–Crippen LogP) is 2.30. The van der Waals surface area contributed by atoms with Crippen LogP contribution in [0.25, 0.3) is 11.0 Å². The SMILES string of the molecule is Cn1c(=O)n(C)c2cc([C@@H]3CC(=O)Nc4c3cnn4C(C)(C)C)ccc21. The Morgan fingerprint density at radius 1 is 1.12 bits per heavy atom. The number of hydrogen-bond donors (Lipinski definition) is 1. The molecule has 1 atom stereocenters. The molecule has 0 radical (unpaired) electrons. The van der Waals surface area contributed by atoms with E-state index in [0.29, 0.717) is 6.42 Å². The van der Waals surface area contributed by atoms with Crippen molar-refractivity contribution < 1.29 is 4.79 Å². The second-order valence-corrected chi connectivity index (χ2v) is 7.98. The number of aryl methyl sites for hydroxylation is 2. The summed E-state index contributed by atoms with van der Waals surface area (Å²) >= 11 is 0. The van der Waals surface area contributed by atoms with Crippen LogP contribution in [0.4, 0.5) is 5.82 Å². The summed E-state index contributed by atoms with van der Waals surface area (Å²) in [5, 5.41) is 7.50. The number of amides is 1. The molecule has 0 aliphatic carbocycles. The zero-order valence-electron chi connectivity index (χ0n) is 15.7. The van der Waals surface area contributed by atoms with E-state index in [1.165, 1.54) is 0 Å². The molecule has 3 aromatic rings. The summed E-state index contributed by atoms with van der Waals surface area (Å²) in [4.78, 5) is 24.6. The van der Waals surface area contributed by atoms with Crippen molar-refractivity contribution in [1.29, 1.82) is 0 Å². The number of benzene rings is 1. The van der Waals surface area contributed by atoms with E-state index in [0.717, 1.165) is 28.0 Å². The second kappa shape index (κ2) is 5.33. The summed E-state index contributed by atoms with van der Waals surface area (Å²) in [5.74, 6) is 0.672. The molecule has 3 heterocycles. The van der Waals surface area contributed by atoms with Gasteiger partial charge in [-0.25, -0.2) is 9.48 Å². The van der Waals surface area contributed by atoms with E-state index in [-0.39, 0.29) is 23.1 Å². The van der Waals surface area contributed by atoms with Crippen LogP contribution in [-0.4, -0.2) is 24.8 Å². The first-order chi connectivity index (χ1) is 12.2. The Balaban J connectivity index is 1.89. The van der Waals surface area contributed by atoms with E-state index in [1.807, 2.05) is 29.1 Å². The molecule has 0 saturated carbocycles. The van der Waals surface area contributed by atoms with Crippen molar-refractivity contribution in [2.45, 2.75) is 38.6 Å². The van der Waals surface area contributed by atoms with Crippen molar-refractivity contribution in [3.63, 3.8) is 0 Å². The molecule has 0 spiro atoms. The Hall–Kier alpha value is -2.83. The molecule has 1 aliphatic heterocycles. The van der Waals surface area contributed by atoms with Crippen LogP contribution < -0.4 is 11.0 Å². The van der Waals surface area contributed by atoms with Gasteiger partial charge in [-0.05, 0) is 38.5 Å². The quantitative estimate of drug-likeness (QED) is 0.729. The highest BCUT2D eigenvalue weighted by Gasteiger charge is 2.32. The molecule has 26 heavy (non-hydrogen) atoms. The zero-order valence-corrected chi connectivity index (χ0v) is 15.7. The summed E-state index contributed by atoms with van der Waals surface area (Å²) in [5.41, 5.74) is 3.50. The average molecular weight is 353 g/mol. The Labute approximate surface area is 151 Å². The largest absolute Gasteiger partial charge is 0.328 e. The van der Waals surface area contributed by atoms with Gasteiger partial charge in [0.05, 0.1) is 22.8 Å². The molecule has 0 unspecified atom stereocenters. The van der Waals surface area contributed by atoms with Gasteiger partial charge in [0.2, 0.25) is 5.91 Å². The van der Waals surface area contributed by atoms with Crippen LogP contribution in [0.5, 0.6) is 0 Å². The van der Waals surface area contributed by atoms with Gasteiger partial charge < -0.3 is 5.32 Å². The summed E-state index contributed by atoms with van der Waals surface area (Å²) in [6.45, 7) is 6.17. The zero-order chi connectivity index (χ0) is 18.8. The number of nitrogens with one attached hydrogen (secondary N) is 1. The lowest BCUT2D eigenvalue weighted by Crippen LogP contribution is -2.30. The lowest BCUT2D eigenvalue weighted by Gasteiger charge is -2.28. The highest BCUT2D eigenvalue weighted by Crippen LogP contribution is 2.39. The van der Waals surface area contributed by atoms with Crippen LogP contribution in [0.15, 0.2) is 29.2 Å². The van der Waals surface area contributed by atoms with E-state index >= 15 is 0 Å². The highest BCUT2D eigenvalue weighted by atomic mass is 16.2. The fourth-order valence-corrected chi connectivity index (χ4v) is 3.77. The monoisotopic (exact) mass is 353 g/mol. The first-order valence-corrected chi connectivity index (χ1v) is 8.72. The third-order valence-electron chi connectivity index (χ3n) is 5.15. The fraction of sp³-hybridized carbons (Fsp3) is 0.421. The van der Waals surface area contributed by atoms with Crippen LogP contribution in [0.3, 0.4) is 0 Å². The average Bonchev–Trinajstić information content (AvgIpc) is 3.10. The number of imidazole rings is 1. The minimum Gasteiger partial charge on any atom is -0.311 e. The molecule has 1 N–H and O–H groups in total. The topological polar surface area (TPSA) is 73.8 Å². The van der Waals surface area contributed by atoms with Gasteiger partial charge in [-0.15, -0.1) is 0 Å². The Kier molecular flexibility index (Phi) is 3.41. The third-order valence-corrected chi connectivity index (χ3v) is 5.15. The Morgan fingerprint density at radius 2 is 1.81 bits per heavy atom. The fourth-order valence-electron chi connectivity index (χ4n) is 3.77. The molecule has 0 fully saturated rings. The summed E-state index contributed by atoms with van der Waals surface area (Å²) in [6.07, 6.45) is 2.22. The van der Waals surface area contributed by atoms with Gasteiger partial charge in [-0.3, -0.25) is 13.9 Å². The highest BCUT2D eigenvalue weighted by molar-refractivity contribution is 5.94. The Morgan fingerprint density at radius 3 is 2.50 bits per heavy atom. The van der Waals surface area contributed by atoms with Crippen molar-refractivity contribution in [3.05, 3.63) is 46.0 Å². The number of rotatable bonds is 1. The van der Waals surface area contributed by atoms with E-state index in [1.54, 1.807) is 23.2 Å². The molecular formula is C19H23N5O2. The summed E-state index contributed by atoms with van der Waals surface area (Å²) in [7, 11) is 3.54. The van der Waals surface area contributed by atoms with Crippen LogP contribution in [0, 0.1) is 0 Å². The maximum Gasteiger partial charge on any atom is 0.328 e. The smallest absolute Gasteiger partial charge is 0.311 e. The molecule has 2 aromatic heterocycles. The number of carbonyl (C=O) groups is 1. The number of nitrogens with zero attached hydrogens (tertiary/aromatic N) is 4. The van der Waals surface area contributed by atoms with Gasteiger partial charge in [0.15, 0.2) is 0 Å². The molecule has 1 aliphatic rings. The van der Waals surface area contributed by atoms with Gasteiger partial charge in [-0.2, -0.15) is 5.10 Å². The third kappa shape index (κ3) is 2.30. The second-order valence-electron chi connectivity index (χ2n) is 7.98. The summed E-state index contributed by atoms with van der Waals surface area (Å²) in [6, 6.07) is 5.97. The molecule has 7 nitrogen and oxygen atoms in total. The van der Waals surface area contributed by atoms with Gasteiger partial charge in [0, 0.05) is 32.0 Å². The van der Waals surface area contributed by atoms with Gasteiger partial charge in [0.1, 0.15) is 5.82 Å². The van der Waals surface area contributed by atoms with E-state index in [9.17, 15) is 9.59 Å². The van der Waals surface area contributed by atoms with Gasteiger partial charge in [0.25, 0.3) is 0 Å². The molecule has 0 bridgehead atoms. The van der Waals surface area contributed by atoms with Crippen molar-refractivity contribution in [3.8, 4) is 0 Å². The molecule has 0 saturated heterocycles. The minimum absolute atomic E-state index is 0.0180. The number of fused-ring (bicyclic) bond motifs is 2. The number of anilines is 1. The molecular weight excluding hydrogens is 330 g/mol. The van der Waals surface area contributed by atoms with Crippen molar-refractivity contribution in [2.24, 2.45) is 14.1 Å². The molecule has 1 aromatic carbocycles. The van der Waals surface area contributed by atoms with Crippen molar-refractivity contribution in [2.75, 3.05) is 5.32 Å². The van der Waals surface area contributed by atoms with Crippen LogP contribution >= 0.6 is 0 Å². The minimum atomic E-state index is -0.226. The van der Waals surface area contributed by atoms with Gasteiger partial charge in [-0.1, -0.05) is 6.07 Å². The first-order valence-electron chi connectivity index (χ1n) is 8.72. The molecule has 4 rings (SSSR count). The molecule has 7 heteroatoms. The van der Waals surface area contributed by atoms with E-state index < -0.39 is 0 Å². The maximum absolute atomic E-state index is 12.4. The van der Waals surface area contributed by atoms with E-state index in [4.69, 9.17) is 0 Å². The van der Waals surface area contributed by atoms with E-state index in [2.05, 4.69) is 31.2 Å². The van der Waals surface area contributed by atoms with Crippen LogP contribution in [0.1, 0.15) is 44.2 Å². The number of aromatic nitrogens is 4. The van der Waals surface area contributed by atoms with Crippen molar-refractivity contribution in [1.82, 2.24) is 18.9 Å². The predicted molar refractivity (Wildman–Crippen MR) is 100 cm³/mol. The van der Waals surface area contributed by atoms with Crippen LogP contribution in [0.2, 0.25) is 0 Å². The lowest BCUT2D eigenvalue weighted by atomic mass is 9.87. The summed E-state index contributed by atoms with van der Waals surface area (Å²) < 4.78 is 5.14. The first kappa shape index (κ1) is 16.6. The molecule has 1 amide bonds. The maximum atomic E-state index is 12.4. The number of hydrogen-bond acceptors (Lipinski definition) is 3. The number of carbonyl (C=O) groups excluding carboxylic acids is 1. The normalized spacial score (nSPS) is 17.4. The Bertz CT molecular complexity index is 1090.